The van der Waals surface area contributed by atoms with Crippen molar-refractivity contribution in [2.45, 2.75) is 31.6 Å². The second-order valence-electron chi connectivity index (χ2n) is 4.87. The fraction of sp³-hybridized carbons (Fsp3) is 0.500. The van der Waals surface area contributed by atoms with E-state index in [1.807, 2.05) is 0 Å². The van der Waals surface area contributed by atoms with Gasteiger partial charge in [-0.15, -0.1) is 0 Å². The quantitative estimate of drug-likeness (QED) is 0.753. The predicted molar refractivity (Wildman–Crippen MR) is 64.6 cm³/mol. The fourth-order valence-corrected chi connectivity index (χ4v) is 2.69. The second-order valence-corrected chi connectivity index (χ2v) is 4.87. The van der Waals surface area contributed by atoms with E-state index in [2.05, 4.69) is 36.1 Å². The summed E-state index contributed by atoms with van der Waals surface area (Å²) in [6.07, 6.45) is 3.22. The fourth-order valence-electron chi connectivity index (χ4n) is 2.69. The molecule has 0 radical (unpaired) electrons. The third kappa shape index (κ3) is 1.24. The van der Waals surface area contributed by atoms with E-state index in [4.69, 9.17) is 0 Å². The smallest absolute Gasteiger partial charge is 0.0823 e. The largest absolute Gasteiger partial charge is 0.371 e. The lowest BCUT2D eigenvalue weighted by Gasteiger charge is -2.17. The predicted octanol–water partition coefficient (Wildman–Crippen LogP) is 2.62. The van der Waals surface area contributed by atoms with Crippen LogP contribution >= 0.6 is 0 Å². The molecule has 1 aliphatic heterocycles. The zero-order chi connectivity index (χ0) is 11.2. The number of benzene rings is 1. The Morgan fingerprint density at radius 3 is 2.88 bits per heavy atom. The van der Waals surface area contributed by atoms with Gasteiger partial charge in [0.25, 0.3) is 0 Å². The highest BCUT2D eigenvalue weighted by molar-refractivity contribution is 5.60. The van der Waals surface area contributed by atoms with Crippen LogP contribution < -0.4 is 4.90 Å². The van der Waals surface area contributed by atoms with E-state index in [0.717, 1.165) is 32.4 Å². The minimum absolute atomic E-state index is 0.130. The van der Waals surface area contributed by atoms with Crippen molar-refractivity contribution in [3.8, 4) is 6.07 Å². The topological polar surface area (TPSA) is 27.0 Å². The third-order valence-electron chi connectivity index (χ3n) is 3.97. The van der Waals surface area contributed by atoms with Crippen molar-refractivity contribution >= 4 is 5.69 Å². The van der Waals surface area contributed by atoms with Crippen molar-refractivity contribution in [1.82, 2.24) is 0 Å². The molecule has 1 aliphatic carbocycles. The summed E-state index contributed by atoms with van der Waals surface area (Å²) in [5, 5.41) is 9.20. The van der Waals surface area contributed by atoms with E-state index in [0.29, 0.717) is 0 Å². The van der Waals surface area contributed by atoms with Gasteiger partial charge in [-0.05, 0) is 43.4 Å². The second kappa shape index (κ2) is 3.25. The van der Waals surface area contributed by atoms with Crippen molar-refractivity contribution in [2.75, 3.05) is 18.0 Å². The van der Waals surface area contributed by atoms with Crippen LogP contribution in [0.3, 0.4) is 0 Å². The first-order valence-electron chi connectivity index (χ1n) is 6.09. The molecule has 2 nitrogen and oxygen atoms in total. The Labute approximate surface area is 96.5 Å². The number of rotatable bonds is 2. The molecule has 0 aromatic heterocycles. The van der Waals surface area contributed by atoms with Gasteiger partial charge in [0.15, 0.2) is 0 Å². The summed E-state index contributed by atoms with van der Waals surface area (Å²) in [5.74, 6) is 0. The molecule has 82 valence electrons. The van der Waals surface area contributed by atoms with E-state index in [1.54, 1.807) is 0 Å². The summed E-state index contributed by atoms with van der Waals surface area (Å²) >= 11 is 0. The Bertz CT molecular complexity index is 466. The summed E-state index contributed by atoms with van der Waals surface area (Å²) in [7, 11) is 0. The van der Waals surface area contributed by atoms with Crippen LogP contribution in [0.15, 0.2) is 18.2 Å². The van der Waals surface area contributed by atoms with Gasteiger partial charge in [-0.25, -0.2) is 0 Å². The van der Waals surface area contributed by atoms with E-state index in [-0.39, 0.29) is 5.41 Å². The van der Waals surface area contributed by atoms with Gasteiger partial charge in [0.2, 0.25) is 0 Å². The molecule has 0 atom stereocenters. The summed E-state index contributed by atoms with van der Waals surface area (Å²) in [6.45, 7) is 4.41. The molecule has 2 heteroatoms. The number of hydrogen-bond donors (Lipinski definition) is 0. The maximum Gasteiger partial charge on any atom is 0.0823 e. The first-order chi connectivity index (χ1) is 7.79. The molecular formula is C14H16N2. The van der Waals surface area contributed by atoms with Crippen LogP contribution in [0.5, 0.6) is 0 Å². The lowest BCUT2D eigenvalue weighted by molar-refractivity contribution is 0.868. The maximum absolute atomic E-state index is 9.20. The molecule has 0 amide bonds. The zero-order valence-corrected chi connectivity index (χ0v) is 9.66. The molecule has 1 heterocycles. The summed E-state index contributed by atoms with van der Waals surface area (Å²) in [6, 6.07) is 9.10. The Morgan fingerprint density at radius 1 is 1.44 bits per heavy atom. The number of nitrogens with zero attached hydrogens (tertiary/aromatic N) is 2. The molecule has 0 bridgehead atoms. The van der Waals surface area contributed by atoms with Crippen molar-refractivity contribution < 1.29 is 0 Å². The molecule has 1 fully saturated rings. The molecule has 0 N–H and O–H groups in total. The van der Waals surface area contributed by atoms with E-state index >= 15 is 0 Å². The van der Waals surface area contributed by atoms with Crippen molar-refractivity contribution in [3.63, 3.8) is 0 Å². The molecule has 0 spiro atoms. The Hall–Kier alpha value is -1.49. The van der Waals surface area contributed by atoms with Crippen molar-refractivity contribution in [1.29, 1.82) is 5.26 Å². The molecule has 2 aliphatic rings. The van der Waals surface area contributed by atoms with Crippen molar-refractivity contribution in [2.24, 2.45) is 0 Å². The van der Waals surface area contributed by atoms with Crippen LogP contribution in [0.4, 0.5) is 5.69 Å². The molecule has 3 rings (SSSR count). The maximum atomic E-state index is 9.20. The highest BCUT2D eigenvalue weighted by Crippen LogP contribution is 2.48. The lowest BCUT2D eigenvalue weighted by atomic mass is 9.95. The number of fused-ring (bicyclic) bond motifs is 1. The highest BCUT2D eigenvalue weighted by atomic mass is 15.1. The molecular weight excluding hydrogens is 196 g/mol. The van der Waals surface area contributed by atoms with Crippen LogP contribution in [0.1, 0.15) is 30.9 Å². The Kier molecular flexibility index (Phi) is 1.97. The molecule has 0 saturated heterocycles. The number of hydrogen-bond acceptors (Lipinski definition) is 2. The summed E-state index contributed by atoms with van der Waals surface area (Å²) in [4.78, 5) is 2.41. The monoisotopic (exact) mass is 212 g/mol. The van der Waals surface area contributed by atoms with Gasteiger partial charge >= 0.3 is 0 Å². The van der Waals surface area contributed by atoms with Gasteiger partial charge in [0.05, 0.1) is 11.5 Å². The van der Waals surface area contributed by atoms with Crippen LogP contribution in [-0.4, -0.2) is 13.1 Å². The van der Waals surface area contributed by atoms with Gasteiger partial charge in [-0.2, -0.15) is 5.26 Å². The van der Waals surface area contributed by atoms with E-state index in [9.17, 15) is 5.26 Å². The minimum atomic E-state index is -0.130. The first kappa shape index (κ1) is 9.72. The molecule has 0 unspecified atom stereocenters. The standard InChI is InChI=1S/C14H16N2/c1-2-16-8-5-11-9-12(3-4-13(11)16)14(10-15)6-7-14/h3-4,9H,2,5-8H2,1H3. The molecule has 16 heavy (non-hydrogen) atoms. The lowest BCUT2D eigenvalue weighted by Crippen LogP contribution is -2.19. The van der Waals surface area contributed by atoms with Crippen LogP contribution in [0.2, 0.25) is 0 Å². The summed E-state index contributed by atoms with van der Waals surface area (Å²) in [5.41, 5.74) is 3.92. The number of anilines is 1. The Balaban J connectivity index is 1.99. The van der Waals surface area contributed by atoms with E-state index in [1.165, 1.54) is 16.8 Å². The first-order valence-corrected chi connectivity index (χ1v) is 6.09. The zero-order valence-electron chi connectivity index (χ0n) is 9.66. The van der Waals surface area contributed by atoms with Gasteiger partial charge in [0, 0.05) is 18.8 Å². The number of likely N-dealkylation sites (N-methyl/N-ethyl adjacent to an activating group) is 1. The molecule has 1 aromatic carbocycles. The van der Waals surface area contributed by atoms with Crippen LogP contribution in [-0.2, 0) is 11.8 Å². The van der Waals surface area contributed by atoms with Gasteiger partial charge in [-0.1, -0.05) is 12.1 Å². The molecule has 1 saturated carbocycles. The summed E-state index contributed by atoms with van der Waals surface area (Å²) < 4.78 is 0. The highest BCUT2D eigenvalue weighted by Gasteiger charge is 2.45. The van der Waals surface area contributed by atoms with Crippen molar-refractivity contribution in [3.05, 3.63) is 29.3 Å². The number of nitriles is 1. The van der Waals surface area contributed by atoms with Crippen LogP contribution in [0, 0.1) is 11.3 Å². The third-order valence-corrected chi connectivity index (χ3v) is 3.97. The van der Waals surface area contributed by atoms with Crippen LogP contribution in [0.25, 0.3) is 0 Å². The van der Waals surface area contributed by atoms with Gasteiger partial charge in [0.1, 0.15) is 0 Å². The van der Waals surface area contributed by atoms with Gasteiger partial charge < -0.3 is 4.90 Å². The Morgan fingerprint density at radius 2 is 2.25 bits per heavy atom. The minimum Gasteiger partial charge on any atom is -0.371 e. The van der Waals surface area contributed by atoms with E-state index < -0.39 is 0 Å². The van der Waals surface area contributed by atoms with Gasteiger partial charge in [-0.3, -0.25) is 0 Å². The average Bonchev–Trinajstić information content (AvgIpc) is 3.03. The normalized spacial score (nSPS) is 20.4. The SMILES string of the molecule is CCN1CCc2cc(C3(C#N)CC3)ccc21. The molecule has 1 aromatic rings. The average molecular weight is 212 g/mol.